The molecule has 0 fully saturated rings. The SMILES string of the molecule is C=CCn1c(SCC(=O)Nc2c(CC)cccc2CC)nnc1C(C)Oc1ccccc1. The number of nitrogens with one attached hydrogen (secondary N) is 1. The van der Waals surface area contributed by atoms with E-state index < -0.39 is 0 Å². The van der Waals surface area contributed by atoms with E-state index >= 15 is 0 Å². The molecule has 0 bridgehead atoms. The molecule has 168 valence electrons. The van der Waals surface area contributed by atoms with Gasteiger partial charge in [0.25, 0.3) is 0 Å². The van der Waals surface area contributed by atoms with Crippen molar-refractivity contribution in [2.24, 2.45) is 0 Å². The summed E-state index contributed by atoms with van der Waals surface area (Å²) in [6.07, 6.45) is 3.23. The molecule has 0 radical (unpaired) electrons. The zero-order valence-corrected chi connectivity index (χ0v) is 19.7. The van der Waals surface area contributed by atoms with Crippen LogP contribution in [0.1, 0.15) is 43.8 Å². The van der Waals surface area contributed by atoms with E-state index in [1.807, 2.05) is 47.9 Å². The number of aryl methyl sites for hydroxylation is 2. The summed E-state index contributed by atoms with van der Waals surface area (Å²) in [5, 5.41) is 12.4. The highest BCUT2D eigenvalue weighted by Gasteiger charge is 2.20. The normalized spacial score (nSPS) is 11.7. The average Bonchev–Trinajstić information content (AvgIpc) is 3.21. The number of carbonyl (C=O) groups excluding carboxylic acids is 1. The molecule has 1 N–H and O–H groups in total. The van der Waals surface area contributed by atoms with Crippen molar-refractivity contribution >= 4 is 23.4 Å². The summed E-state index contributed by atoms with van der Waals surface area (Å²) in [6, 6.07) is 15.8. The van der Waals surface area contributed by atoms with Gasteiger partial charge in [0.2, 0.25) is 5.91 Å². The van der Waals surface area contributed by atoms with Crippen LogP contribution in [0.25, 0.3) is 0 Å². The number of nitrogens with zero attached hydrogens (tertiary/aromatic N) is 3. The van der Waals surface area contributed by atoms with Crippen LogP contribution in [0.2, 0.25) is 0 Å². The molecule has 32 heavy (non-hydrogen) atoms. The predicted molar refractivity (Wildman–Crippen MR) is 130 cm³/mol. The second-order valence-electron chi connectivity index (χ2n) is 7.31. The number of benzene rings is 2. The first-order chi connectivity index (χ1) is 15.6. The molecule has 3 aromatic rings. The standard InChI is InChI=1S/C25H30N4O2S/c1-5-16-29-24(18(4)31-21-14-9-8-10-15-21)27-28-25(29)32-17-22(30)26-23-19(6-2)12-11-13-20(23)7-3/h5,8-15,18H,1,6-7,16-17H2,2-4H3,(H,26,30). The summed E-state index contributed by atoms with van der Waals surface area (Å²) >= 11 is 1.36. The van der Waals surface area contributed by atoms with Gasteiger partial charge < -0.3 is 10.1 Å². The van der Waals surface area contributed by atoms with Gasteiger partial charge in [0.1, 0.15) is 5.75 Å². The van der Waals surface area contributed by atoms with Crippen LogP contribution in [0.4, 0.5) is 5.69 Å². The predicted octanol–water partition coefficient (Wildman–Crippen LogP) is 5.46. The Labute approximate surface area is 194 Å². The van der Waals surface area contributed by atoms with Crippen molar-refractivity contribution in [3.05, 3.63) is 78.1 Å². The monoisotopic (exact) mass is 450 g/mol. The van der Waals surface area contributed by atoms with Crippen molar-refractivity contribution < 1.29 is 9.53 Å². The lowest BCUT2D eigenvalue weighted by atomic mass is 10.0. The molecule has 3 rings (SSSR count). The van der Waals surface area contributed by atoms with Gasteiger partial charge in [0, 0.05) is 12.2 Å². The zero-order chi connectivity index (χ0) is 22.9. The van der Waals surface area contributed by atoms with Gasteiger partial charge in [-0.3, -0.25) is 9.36 Å². The van der Waals surface area contributed by atoms with E-state index in [9.17, 15) is 4.79 Å². The van der Waals surface area contributed by atoms with Crippen molar-refractivity contribution in [1.29, 1.82) is 0 Å². The lowest BCUT2D eigenvalue weighted by molar-refractivity contribution is -0.113. The smallest absolute Gasteiger partial charge is 0.234 e. The molecule has 0 saturated carbocycles. The molecule has 0 aliphatic heterocycles. The van der Waals surface area contributed by atoms with Crippen LogP contribution in [0.3, 0.4) is 0 Å². The lowest BCUT2D eigenvalue weighted by Crippen LogP contribution is -2.17. The number of anilines is 1. The molecule has 0 saturated heterocycles. The molecule has 1 unspecified atom stereocenters. The van der Waals surface area contributed by atoms with Crippen molar-refractivity contribution in [1.82, 2.24) is 14.8 Å². The maximum atomic E-state index is 12.7. The number of allylic oxidation sites excluding steroid dienone is 1. The summed E-state index contributed by atoms with van der Waals surface area (Å²) in [7, 11) is 0. The number of carbonyl (C=O) groups is 1. The summed E-state index contributed by atoms with van der Waals surface area (Å²) < 4.78 is 7.95. The Balaban J connectivity index is 1.70. The quantitative estimate of drug-likeness (QED) is 0.310. The fourth-order valence-electron chi connectivity index (χ4n) is 3.47. The minimum absolute atomic E-state index is 0.0612. The third kappa shape index (κ3) is 5.79. The van der Waals surface area contributed by atoms with Gasteiger partial charge in [-0.15, -0.1) is 16.8 Å². The van der Waals surface area contributed by atoms with Crippen LogP contribution < -0.4 is 10.1 Å². The average molecular weight is 451 g/mol. The van der Waals surface area contributed by atoms with Crippen molar-refractivity contribution in [3.8, 4) is 5.75 Å². The number of hydrogen-bond donors (Lipinski definition) is 1. The van der Waals surface area contributed by atoms with E-state index in [1.165, 1.54) is 11.8 Å². The van der Waals surface area contributed by atoms with Crippen LogP contribution >= 0.6 is 11.8 Å². The molecule has 7 heteroatoms. The minimum atomic E-state index is -0.295. The molecular weight excluding hydrogens is 420 g/mol. The molecular formula is C25H30N4O2S. The number of para-hydroxylation sites is 2. The summed E-state index contributed by atoms with van der Waals surface area (Å²) in [6.45, 7) is 10.5. The number of rotatable bonds is 11. The molecule has 2 aromatic carbocycles. The highest BCUT2D eigenvalue weighted by atomic mass is 32.2. The van der Waals surface area contributed by atoms with Gasteiger partial charge in [-0.25, -0.2) is 0 Å². The van der Waals surface area contributed by atoms with Crippen LogP contribution in [-0.2, 0) is 24.2 Å². The molecule has 1 atom stereocenters. The second kappa shape index (κ2) is 11.5. The van der Waals surface area contributed by atoms with Crippen molar-refractivity contribution in [2.75, 3.05) is 11.1 Å². The van der Waals surface area contributed by atoms with Crippen LogP contribution in [0, 0.1) is 0 Å². The molecule has 1 heterocycles. The number of amides is 1. The Bertz CT molecular complexity index is 1030. The van der Waals surface area contributed by atoms with Crippen molar-refractivity contribution in [3.63, 3.8) is 0 Å². The number of ether oxygens (including phenoxy) is 1. The number of hydrogen-bond acceptors (Lipinski definition) is 5. The Morgan fingerprint density at radius 1 is 1.12 bits per heavy atom. The van der Waals surface area contributed by atoms with Gasteiger partial charge in [-0.05, 0) is 43.0 Å². The van der Waals surface area contributed by atoms with E-state index in [4.69, 9.17) is 4.74 Å². The van der Waals surface area contributed by atoms with Gasteiger partial charge in [0.05, 0.1) is 5.75 Å². The van der Waals surface area contributed by atoms with Gasteiger partial charge in [-0.2, -0.15) is 0 Å². The highest BCUT2D eigenvalue weighted by Crippen LogP contribution is 2.26. The van der Waals surface area contributed by atoms with Gasteiger partial charge in [0.15, 0.2) is 17.1 Å². The summed E-state index contributed by atoms with van der Waals surface area (Å²) in [5.74, 6) is 1.64. The lowest BCUT2D eigenvalue weighted by Gasteiger charge is -2.16. The molecule has 0 aliphatic rings. The Morgan fingerprint density at radius 3 is 2.44 bits per heavy atom. The van der Waals surface area contributed by atoms with E-state index in [0.717, 1.165) is 35.4 Å². The first kappa shape index (κ1) is 23.6. The highest BCUT2D eigenvalue weighted by molar-refractivity contribution is 7.99. The summed E-state index contributed by atoms with van der Waals surface area (Å²) in [5.41, 5.74) is 3.22. The Morgan fingerprint density at radius 2 is 1.81 bits per heavy atom. The molecule has 0 aliphatic carbocycles. The van der Waals surface area contributed by atoms with E-state index in [0.29, 0.717) is 17.5 Å². The van der Waals surface area contributed by atoms with E-state index in [2.05, 4.69) is 48.1 Å². The van der Waals surface area contributed by atoms with E-state index in [1.54, 1.807) is 6.08 Å². The van der Waals surface area contributed by atoms with Gasteiger partial charge in [-0.1, -0.05) is 68.1 Å². The molecule has 6 nitrogen and oxygen atoms in total. The van der Waals surface area contributed by atoms with Gasteiger partial charge >= 0.3 is 0 Å². The third-order valence-corrected chi connectivity index (χ3v) is 6.04. The zero-order valence-electron chi connectivity index (χ0n) is 18.9. The largest absolute Gasteiger partial charge is 0.483 e. The van der Waals surface area contributed by atoms with Crippen LogP contribution in [0.5, 0.6) is 5.75 Å². The Hall–Kier alpha value is -3.06. The second-order valence-corrected chi connectivity index (χ2v) is 8.25. The molecule has 1 aromatic heterocycles. The third-order valence-electron chi connectivity index (χ3n) is 5.07. The van der Waals surface area contributed by atoms with Crippen LogP contribution in [0.15, 0.2) is 66.3 Å². The number of aromatic nitrogens is 3. The topological polar surface area (TPSA) is 69.0 Å². The number of thioether (sulfide) groups is 1. The first-order valence-corrected chi connectivity index (χ1v) is 11.8. The van der Waals surface area contributed by atoms with Crippen molar-refractivity contribution in [2.45, 2.75) is 51.4 Å². The fourth-order valence-corrected chi connectivity index (χ4v) is 4.23. The Kier molecular flexibility index (Phi) is 8.50. The van der Waals surface area contributed by atoms with E-state index in [-0.39, 0.29) is 17.8 Å². The maximum Gasteiger partial charge on any atom is 0.234 e. The fraction of sp³-hybridized carbons (Fsp3) is 0.320. The molecule has 0 spiro atoms. The summed E-state index contributed by atoms with van der Waals surface area (Å²) in [4.78, 5) is 12.7. The molecule has 1 amide bonds. The maximum absolute atomic E-state index is 12.7. The minimum Gasteiger partial charge on any atom is -0.483 e. The van der Waals surface area contributed by atoms with Crippen LogP contribution in [-0.4, -0.2) is 26.4 Å². The first-order valence-electron chi connectivity index (χ1n) is 10.9.